The molecule has 0 saturated heterocycles. The molecular weight excluding hydrogens is 417 g/mol. The van der Waals surface area contributed by atoms with Gasteiger partial charge in [-0.05, 0) is 54.3 Å². The molecule has 3 rings (SSSR count). The van der Waals surface area contributed by atoms with Crippen LogP contribution in [0.15, 0.2) is 47.8 Å². The highest BCUT2D eigenvalue weighted by Gasteiger charge is 2.11. The van der Waals surface area contributed by atoms with Gasteiger partial charge in [-0.25, -0.2) is 9.37 Å². The number of aromatic nitrogens is 1. The number of hydrogen-bond donors (Lipinski definition) is 3. The molecule has 162 valence electrons. The average Bonchev–Trinajstić information content (AvgIpc) is 3.17. The van der Waals surface area contributed by atoms with E-state index in [1.807, 2.05) is 12.1 Å². The number of thiazole rings is 1. The molecule has 6 nitrogen and oxygen atoms in total. The van der Waals surface area contributed by atoms with Crippen LogP contribution in [0.2, 0.25) is 0 Å². The van der Waals surface area contributed by atoms with Gasteiger partial charge < -0.3 is 10.4 Å². The van der Waals surface area contributed by atoms with Crippen molar-refractivity contribution >= 4 is 34.0 Å². The van der Waals surface area contributed by atoms with Crippen molar-refractivity contribution in [1.29, 1.82) is 0 Å². The fourth-order valence-corrected chi connectivity index (χ4v) is 3.76. The molecule has 0 spiro atoms. The van der Waals surface area contributed by atoms with Crippen molar-refractivity contribution < 1.29 is 19.1 Å². The third-order valence-corrected chi connectivity index (χ3v) is 5.48. The van der Waals surface area contributed by atoms with Crippen LogP contribution >= 0.6 is 11.3 Å². The molecule has 1 aromatic heterocycles. The number of halogens is 1. The summed E-state index contributed by atoms with van der Waals surface area (Å²) in [6, 6.07) is 11.9. The molecule has 2 aromatic carbocycles. The van der Waals surface area contributed by atoms with Gasteiger partial charge in [0.25, 0.3) is 5.91 Å². The summed E-state index contributed by atoms with van der Waals surface area (Å²) in [7, 11) is 0. The standard InChI is InChI=1S/C23H24FN3O3S/c1-2-3-4-17-11-18(24)9-10-20(17)25-13-15-5-7-16(8-6-15)22(30)27-23-26-19(14-31-23)12-21(28)29/h5-11,14,25H,2-4,12-13H2,1H3,(H,28,29)(H,26,27,30). The minimum absolute atomic E-state index is 0.178. The number of carboxylic acids is 1. The second kappa shape index (κ2) is 10.7. The van der Waals surface area contributed by atoms with Gasteiger partial charge in [0.15, 0.2) is 5.13 Å². The number of nitrogens with zero attached hydrogens (tertiary/aromatic N) is 1. The molecule has 0 unspecified atom stereocenters. The van der Waals surface area contributed by atoms with E-state index in [4.69, 9.17) is 5.11 Å². The van der Waals surface area contributed by atoms with Crippen molar-refractivity contribution in [1.82, 2.24) is 4.98 Å². The number of amides is 1. The third-order valence-electron chi connectivity index (χ3n) is 4.67. The molecule has 0 aliphatic heterocycles. The molecule has 0 fully saturated rings. The second-order valence-corrected chi connectivity index (χ2v) is 7.98. The van der Waals surface area contributed by atoms with Crippen molar-refractivity contribution in [3.8, 4) is 0 Å². The zero-order valence-electron chi connectivity index (χ0n) is 17.2. The first-order valence-electron chi connectivity index (χ1n) is 10.0. The Balaban J connectivity index is 1.58. The van der Waals surface area contributed by atoms with Gasteiger partial charge in [0.2, 0.25) is 0 Å². The number of carboxylic acid groups (broad SMARTS) is 1. The van der Waals surface area contributed by atoms with Crippen LogP contribution in [0.25, 0.3) is 0 Å². The van der Waals surface area contributed by atoms with Gasteiger partial charge in [-0.2, -0.15) is 0 Å². The Hall–Kier alpha value is -3.26. The number of aliphatic carboxylic acids is 1. The van der Waals surface area contributed by atoms with E-state index in [1.54, 1.807) is 29.6 Å². The maximum absolute atomic E-state index is 13.6. The van der Waals surface area contributed by atoms with E-state index in [2.05, 4.69) is 22.5 Å². The van der Waals surface area contributed by atoms with Gasteiger partial charge >= 0.3 is 5.97 Å². The molecule has 0 aliphatic rings. The first kappa shape index (κ1) is 22.4. The molecule has 0 radical (unpaired) electrons. The number of nitrogens with one attached hydrogen (secondary N) is 2. The van der Waals surface area contributed by atoms with Gasteiger partial charge in [-0.3, -0.25) is 14.9 Å². The van der Waals surface area contributed by atoms with Gasteiger partial charge in [-0.1, -0.05) is 25.5 Å². The number of aryl methyl sites for hydroxylation is 1. The lowest BCUT2D eigenvalue weighted by molar-refractivity contribution is -0.136. The monoisotopic (exact) mass is 441 g/mol. The number of unbranched alkanes of at least 4 members (excludes halogenated alkanes) is 1. The number of rotatable bonds is 10. The number of anilines is 2. The van der Waals surface area contributed by atoms with Crippen LogP contribution < -0.4 is 10.6 Å². The Morgan fingerprint density at radius 3 is 2.65 bits per heavy atom. The lowest BCUT2D eigenvalue weighted by Gasteiger charge is -2.12. The van der Waals surface area contributed by atoms with Crippen LogP contribution in [0.5, 0.6) is 0 Å². The molecule has 1 heterocycles. The average molecular weight is 442 g/mol. The maximum Gasteiger partial charge on any atom is 0.309 e. The van der Waals surface area contributed by atoms with Crippen molar-refractivity contribution in [2.24, 2.45) is 0 Å². The van der Waals surface area contributed by atoms with Crippen LogP contribution in [-0.2, 0) is 24.2 Å². The Labute approximate surface area is 184 Å². The smallest absolute Gasteiger partial charge is 0.309 e. The van der Waals surface area contributed by atoms with Crippen molar-refractivity contribution in [2.75, 3.05) is 10.6 Å². The number of hydrogen-bond acceptors (Lipinski definition) is 5. The predicted octanol–water partition coefficient (Wildman–Crippen LogP) is 5.12. The molecule has 8 heteroatoms. The van der Waals surface area contributed by atoms with Crippen molar-refractivity contribution in [3.05, 3.63) is 76.0 Å². The fourth-order valence-electron chi connectivity index (χ4n) is 3.05. The van der Waals surface area contributed by atoms with Crippen molar-refractivity contribution in [2.45, 2.75) is 39.2 Å². The predicted molar refractivity (Wildman–Crippen MR) is 120 cm³/mol. The highest BCUT2D eigenvalue weighted by molar-refractivity contribution is 7.14. The minimum Gasteiger partial charge on any atom is -0.481 e. The maximum atomic E-state index is 13.6. The van der Waals surface area contributed by atoms with E-state index in [0.29, 0.717) is 22.9 Å². The van der Waals surface area contributed by atoms with Crippen LogP contribution in [0.1, 0.15) is 46.9 Å². The highest BCUT2D eigenvalue weighted by atomic mass is 32.1. The summed E-state index contributed by atoms with van der Waals surface area (Å²) < 4.78 is 13.6. The van der Waals surface area contributed by atoms with E-state index >= 15 is 0 Å². The summed E-state index contributed by atoms with van der Waals surface area (Å²) in [5.41, 5.74) is 3.75. The molecule has 0 aliphatic carbocycles. The van der Waals surface area contributed by atoms with Gasteiger partial charge in [0.05, 0.1) is 12.1 Å². The molecule has 3 aromatic rings. The van der Waals surface area contributed by atoms with Crippen molar-refractivity contribution in [3.63, 3.8) is 0 Å². The fraction of sp³-hybridized carbons (Fsp3) is 0.261. The molecule has 1 amide bonds. The lowest BCUT2D eigenvalue weighted by atomic mass is 10.1. The molecule has 0 atom stereocenters. The van der Waals surface area contributed by atoms with Crippen LogP contribution in [0, 0.1) is 5.82 Å². The summed E-state index contributed by atoms with van der Waals surface area (Å²) in [6.45, 7) is 2.66. The Kier molecular flexibility index (Phi) is 7.72. The first-order valence-corrected chi connectivity index (χ1v) is 10.9. The first-order chi connectivity index (χ1) is 14.9. The molecular formula is C23H24FN3O3S. The normalized spacial score (nSPS) is 10.6. The largest absolute Gasteiger partial charge is 0.481 e. The lowest BCUT2D eigenvalue weighted by Crippen LogP contribution is -2.12. The Bertz CT molecular complexity index is 1050. The summed E-state index contributed by atoms with van der Waals surface area (Å²) >= 11 is 1.19. The number of carbonyl (C=O) groups excluding carboxylic acids is 1. The summed E-state index contributed by atoms with van der Waals surface area (Å²) in [5.74, 6) is -1.51. The van der Waals surface area contributed by atoms with E-state index in [1.165, 1.54) is 17.4 Å². The minimum atomic E-state index is -0.967. The molecule has 3 N–H and O–H groups in total. The molecule has 0 bridgehead atoms. The number of benzene rings is 2. The zero-order chi connectivity index (χ0) is 22.2. The highest BCUT2D eigenvalue weighted by Crippen LogP contribution is 2.21. The summed E-state index contributed by atoms with van der Waals surface area (Å²) in [5, 5.41) is 16.8. The van der Waals surface area contributed by atoms with Gasteiger partial charge in [0, 0.05) is 23.2 Å². The second-order valence-electron chi connectivity index (χ2n) is 7.12. The van der Waals surface area contributed by atoms with Crippen LogP contribution in [0.4, 0.5) is 15.2 Å². The SMILES string of the molecule is CCCCc1cc(F)ccc1NCc1ccc(C(=O)Nc2nc(CC(=O)O)cs2)cc1. The van der Waals surface area contributed by atoms with Crippen LogP contribution in [0.3, 0.4) is 0 Å². The van der Waals surface area contributed by atoms with E-state index in [-0.39, 0.29) is 18.1 Å². The van der Waals surface area contributed by atoms with Gasteiger partial charge in [0.1, 0.15) is 5.82 Å². The Morgan fingerprint density at radius 1 is 1.16 bits per heavy atom. The summed E-state index contributed by atoms with van der Waals surface area (Å²) in [4.78, 5) is 27.2. The summed E-state index contributed by atoms with van der Waals surface area (Å²) in [6.07, 6.45) is 2.68. The van der Waals surface area contributed by atoms with Gasteiger partial charge in [-0.15, -0.1) is 11.3 Å². The zero-order valence-corrected chi connectivity index (χ0v) is 18.0. The Morgan fingerprint density at radius 2 is 1.94 bits per heavy atom. The molecule has 0 saturated carbocycles. The van der Waals surface area contributed by atoms with E-state index in [0.717, 1.165) is 36.1 Å². The number of carbonyl (C=O) groups is 2. The van der Waals surface area contributed by atoms with Crippen LogP contribution in [-0.4, -0.2) is 22.0 Å². The van der Waals surface area contributed by atoms with E-state index < -0.39 is 5.97 Å². The third kappa shape index (κ3) is 6.62. The quantitative estimate of drug-likeness (QED) is 0.406. The van der Waals surface area contributed by atoms with E-state index in [9.17, 15) is 14.0 Å². The topological polar surface area (TPSA) is 91.3 Å². The molecule has 31 heavy (non-hydrogen) atoms.